The summed E-state index contributed by atoms with van der Waals surface area (Å²) in [5.41, 5.74) is 2.15. The van der Waals surface area contributed by atoms with Gasteiger partial charge in [-0.1, -0.05) is 25.5 Å². The minimum absolute atomic E-state index is 0.0977. The van der Waals surface area contributed by atoms with E-state index < -0.39 is 11.9 Å². The molecular weight excluding hydrogens is 532 g/mol. The van der Waals surface area contributed by atoms with E-state index >= 15 is 0 Å². The second kappa shape index (κ2) is 14.7. The van der Waals surface area contributed by atoms with Crippen molar-refractivity contribution in [2.75, 3.05) is 73.6 Å². The predicted molar refractivity (Wildman–Crippen MR) is 164 cm³/mol. The fourth-order valence-corrected chi connectivity index (χ4v) is 6.93. The third kappa shape index (κ3) is 8.47. The molecule has 42 heavy (non-hydrogen) atoms. The molecule has 0 spiro atoms. The fourth-order valence-electron chi connectivity index (χ4n) is 6.93. The van der Waals surface area contributed by atoms with E-state index in [1.54, 1.807) is 0 Å². The van der Waals surface area contributed by atoms with Gasteiger partial charge < -0.3 is 24.1 Å². The summed E-state index contributed by atoms with van der Waals surface area (Å²) in [6, 6.07) is 5.85. The maximum Gasteiger partial charge on any atom is 0.308 e. The van der Waals surface area contributed by atoms with E-state index in [0.717, 1.165) is 92.5 Å². The number of aliphatic carboxylic acids is 1. The number of hydrogen-bond donors (Lipinski definition) is 1. The number of benzene rings is 1. The number of unbranched alkanes of at least 4 members (excludes halogenated alkanes) is 2. The monoisotopic (exact) mass is 585 g/mol. The van der Waals surface area contributed by atoms with E-state index in [4.69, 9.17) is 4.74 Å². The lowest BCUT2D eigenvalue weighted by molar-refractivity contribution is -0.870. The van der Waals surface area contributed by atoms with E-state index in [9.17, 15) is 19.5 Å². The van der Waals surface area contributed by atoms with Crippen LogP contribution in [0, 0.1) is 5.92 Å². The van der Waals surface area contributed by atoms with Crippen LogP contribution in [0.25, 0.3) is 0 Å². The van der Waals surface area contributed by atoms with Crippen molar-refractivity contribution in [3.8, 4) is 5.75 Å². The Hall–Kier alpha value is -2.65. The highest BCUT2D eigenvalue weighted by molar-refractivity contribution is 5.79. The van der Waals surface area contributed by atoms with Crippen LogP contribution in [-0.4, -0.2) is 122 Å². The number of carboxylic acids is 1. The number of hydrogen-bond acceptors (Lipinski definition) is 5. The van der Waals surface area contributed by atoms with E-state index in [1.165, 1.54) is 0 Å². The molecule has 3 aliphatic rings. The number of carbonyl (C=O) groups is 3. The Kier molecular flexibility index (Phi) is 11.3. The van der Waals surface area contributed by atoms with Crippen molar-refractivity contribution in [1.29, 1.82) is 0 Å². The van der Waals surface area contributed by atoms with Crippen molar-refractivity contribution in [1.82, 2.24) is 14.7 Å². The van der Waals surface area contributed by atoms with Crippen molar-refractivity contribution < 1.29 is 28.7 Å². The first-order valence-corrected chi connectivity index (χ1v) is 16.2. The molecule has 0 saturated carbocycles. The van der Waals surface area contributed by atoms with Gasteiger partial charge in [-0.3, -0.25) is 19.3 Å². The topological polar surface area (TPSA) is 90.4 Å². The molecule has 234 valence electrons. The lowest BCUT2D eigenvalue weighted by atomic mass is 9.83. The Morgan fingerprint density at radius 2 is 1.88 bits per heavy atom. The molecule has 0 unspecified atom stereocenters. The van der Waals surface area contributed by atoms with E-state index in [2.05, 4.69) is 39.0 Å². The number of fused-ring (bicyclic) bond motifs is 1. The molecule has 0 aromatic heterocycles. The van der Waals surface area contributed by atoms with Gasteiger partial charge in [-0.15, -0.1) is 0 Å². The molecule has 0 radical (unpaired) electrons. The largest absolute Gasteiger partial charge is 0.493 e. The Balaban J connectivity index is 1.50. The minimum Gasteiger partial charge on any atom is -0.493 e. The van der Waals surface area contributed by atoms with Crippen LogP contribution in [-0.2, 0) is 20.8 Å². The van der Waals surface area contributed by atoms with E-state index in [1.807, 2.05) is 21.9 Å². The van der Waals surface area contributed by atoms with Crippen LogP contribution < -0.4 is 4.74 Å². The molecule has 3 atom stereocenters. The van der Waals surface area contributed by atoms with Gasteiger partial charge in [0.1, 0.15) is 5.75 Å². The summed E-state index contributed by atoms with van der Waals surface area (Å²) < 4.78 is 6.61. The summed E-state index contributed by atoms with van der Waals surface area (Å²) >= 11 is 0. The SMILES string of the molecule is CCCCN(CCCC[N+](C)(C)C)C(=O)CN1C[C@H](c2ccc3c(c2)CCO3)[C@@H](C(=O)O)[C@@H]1CCCN1CCCC1=O. The summed E-state index contributed by atoms with van der Waals surface area (Å²) in [5.74, 6) is -0.440. The number of amides is 2. The summed E-state index contributed by atoms with van der Waals surface area (Å²) in [6.45, 7) is 7.57. The summed E-state index contributed by atoms with van der Waals surface area (Å²) in [7, 11) is 6.57. The third-order valence-corrected chi connectivity index (χ3v) is 9.25. The fraction of sp³-hybridized carbons (Fsp3) is 0.727. The van der Waals surface area contributed by atoms with Gasteiger partial charge in [0.2, 0.25) is 11.8 Å². The molecule has 1 aromatic rings. The smallest absolute Gasteiger partial charge is 0.308 e. The highest BCUT2D eigenvalue weighted by Crippen LogP contribution is 2.41. The molecule has 2 saturated heterocycles. The lowest BCUT2D eigenvalue weighted by Gasteiger charge is -2.30. The van der Waals surface area contributed by atoms with Gasteiger partial charge >= 0.3 is 5.97 Å². The Morgan fingerprint density at radius 3 is 2.57 bits per heavy atom. The molecule has 3 heterocycles. The average Bonchev–Trinajstić information content (AvgIpc) is 3.66. The number of quaternary nitrogens is 1. The molecule has 0 aliphatic carbocycles. The molecule has 9 heteroatoms. The normalized spacial score (nSPS) is 22.4. The first-order valence-electron chi connectivity index (χ1n) is 16.2. The van der Waals surface area contributed by atoms with Crippen molar-refractivity contribution in [2.24, 2.45) is 5.92 Å². The number of ether oxygens (including phenoxy) is 1. The summed E-state index contributed by atoms with van der Waals surface area (Å²) in [6.07, 6.45) is 7.74. The van der Waals surface area contributed by atoms with Crippen LogP contribution in [0.15, 0.2) is 18.2 Å². The van der Waals surface area contributed by atoms with Crippen LogP contribution in [0.5, 0.6) is 5.75 Å². The Morgan fingerprint density at radius 1 is 1.10 bits per heavy atom. The molecule has 1 N–H and O–H groups in total. The third-order valence-electron chi connectivity index (χ3n) is 9.25. The quantitative estimate of drug-likeness (QED) is 0.236. The maximum atomic E-state index is 13.8. The second-order valence-corrected chi connectivity index (χ2v) is 13.5. The molecule has 4 rings (SSSR count). The molecule has 3 aliphatic heterocycles. The van der Waals surface area contributed by atoms with Crippen molar-refractivity contribution in [2.45, 2.75) is 76.7 Å². The molecular formula is C33H53N4O5+. The van der Waals surface area contributed by atoms with Crippen molar-refractivity contribution in [3.63, 3.8) is 0 Å². The van der Waals surface area contributed by atoms with Crippen LogP contribution in [0.4, 0.5) is 0 Å². The highest BCUT2D eigenvalue weighted by Gasteiger charge is 2.47. The summed E-state index contributed by atoms with van der Waals surface area (Å²) in [5, 5.41) is 10.5. The molecule has 1 aromatic carbocycles. The molecule has 2 fully saturated rings. The molecule has 0 bridgehead atoms. The first-order chi connectivity index (χ1) is 20.1. The van der Waals surface area contributed by atoms with Gasteiger partial charge in [-0.05, 0) is 55.7 Å². The number of rotatable bonds is 16. The number of carbonyl (C=O) groups excluding carboxylic acids is 2. The lowest BCUT2D eigenvalue weighted by Crippen LogP contribution is -2.45. The maximum absolute atomic E-state index is 13.8. The van der Waals surface area contributed by atoms with Gasteiger partial charge in [0, 0.05) is 57.5 Å². The van der Waals surface area contributed by atoms with Crippen LogP contribution in [0.1, 0.15) is 75.3 Å². The minimum atomic E-state index is -0.808. The molecule has 9 nitrogen and oxygen atoms in total. The molecule has 2 amide bonds. The van der Waals surface area contributed by atoms with Crippen molar-refractivity contribution in [3.05, 3.63) is 29.3 Å². The van der Waals surface area contributed by atoms with E-state index in [-0.39, 0.29) is 30.3 Å². The highest BCUT2D eigenvalue weighted by atomic mass is 16.5. The van der Waals surface area contributed by atoms with Gasteiger partial charge in [0.25, 0.3) is 0 Å². The van der Waals surface area contributed by atoms with Gasteiger partial charge in [-0.25, -0.2) is 0 Å². The zero-order valence-corrected chi connectivity index (χ0v) is 26.4. The number of carboxylic acid groups (broad SMARTS) is 1. The number of nitrogens with zero attached hydrogens (tertiary/aromatic N) is 4. The van der Waals surface area contributed by atoms with Crippen LogP contribution >= 0.6 is 0 Å². The van der Waals surface area contributed by atoms with Gasteiger partial charge in [0.05, 0.1) is 46.8 Å². The summed E-state index contributed by atoms with van der Waals surface area (Å²) in [4.78, 5) is 44.9. The Bertz CT molecular complexity index is 1090. The average molecular weight is 586 g/mol. The van der Waals surface area contributed by atoms with Crippen LogP contribution in [0.2, 0.25) is 0 Å². The Labute approximate surface area is 252 Å². The zero-order valence-electron chi connectivity index (χ0n) is 26.4. The van der Waals surface area contributed by atoms with Crippen molar-refractivity contribution >= 4 is 17.8 Å². The van der Waals surface area contributed by atoms with Gasteiger partial charge in [-0.2, -0.15) is 0 Å². The second-order valence-electron chi connectivity index (χ2n) is 13.5. The van der Waals surface area contributed by atoms with Crippen LogP contribution in [0.3, 0.4) is 0 Å². The number of likely N-dealkylation sites (tertiary alicyclic amines) is 2. The predicted octanol–water partition coefficient (Wildman–Crippen LogP) is 3.61. The first kappa shape index (κ1) is 32.3. The zero-order chi connectivity index (χ0) is 30.3. The standard InChI is InChI=1S/C33H52N4O5/c1-5-6-16-35(17-7-8-20-37(2,3)4)31(39)24-36-23-27(25-13-14-29-26(22-25)15-21-42-29)32(33(40)41)28(36)11-9-18-34-19-10-12-30(34)38/h13-14,22,27-28,32H,5-12,15-21,23-24H2,1-4H3/p+1/t27-,28+,32-/m1/s1. The van der Waals surface area contributed by atoms with Gasteiger partial charge in [0.15, 0.2) is 0 Å². The van der Waals surface area contributed by atoms with E-state index in [0.29, 0.717) is 32.5 Å².